The van der Waals surface area contributed by atoms with Crippen LogP contribution in [-0.2, 0) is 6.42 Å². The molecule has 0 saturated carbocycles. The van der Waals surface area contributed by atoms with Gasteiger partial charge >= 0.3 is 0 Å². The van der Waals surface area contributed by atoms with Crippen LogP contribution >= 0.6 is 15.9 Å². The minimum absolute atomic E-state index is 0.00684. The third-order valence-corrected chi connectivity index (χ3v) is 4.15. The molecule has 0 radical (unpaired) electrons. The van der Waals surface area contributed by atoms with Crippen LogP contribution in [0.3, 0.4) is 0 Å². The van der Waals surface area contributed by atoms with Gasteiger partial charge < -0.3 is 9.84 Å². The van der Waals surface area contributed by atoms with Gasteiger partial charge in [0.25, 0.3) is 0 Å². The minimum atomic E-state index is -0.950. The van der Waals surface area contributed by atoms with Crippen molar-refractivity contribution in [3.05, 3.63) is 34.1 Å². The molecule has 0 bridgehead atoms. The molecule has 7 heteroatoms. The van der Waals surface area contributed by atoms with Gasteiger partial charge in [-0.15, -0.1) is 0 Å². The van der Waals surface area contributed by atoms with Gasteiger partial charge in [-0.1, -0.05) is 5.16 Å². The molecule has 2 heterocycles. The summed E-state index contributed by atoms with van der Waals surface area (Å²) in [5.41, 5.74) is 0.378. The first-order chi connectivity index (χ1) is 9.65. The zero-order chi connectivity index (χ0) is 14.1. The molecule has 1 unspecified atom stereocenters. The van der Waals surface area contributed by atoms with E-state index < -0.39 is 11.6 Å². The lowest BCUT2D eigenvalue weighted by Gasteiger charge is -2.02. The largest absolute Gasteiger partial charge is 0.339 e. The Balaban J connectivity index is 1.84. The topological polar surface area (TPSA) is 51.0 Å². The highest BCUT2D eigenvalue weighted by Gasteiger charge is 2.20. The Bertz CT molecular complexity index is 626. The van der Waals surface area contributed by atoms with Crippen molar-refractivity contribution < 1.29 is 13.3 Å². The molecule has 1 saturated heterocycles. The molecule has 1 N–H and O–H groups in total. The van der Waals surface area contributed by atoms with Crippen LogP contribution in [0.4, 0.5) is 8.78 Å². The number of nitrogens with zero attached hydrogens (tertiary/aromatic N) is 2. The maximum Gasteiger partial charge on any atom is 0.227 e. The van der Waals surface area contributed by atoms with Crippen LogP contribution in [0.25, 0.3) is 11.4 Å². The van der Waals surface area contributed by atoms with E-state index in [1.165, 1.54) is 6.07 Å². The van der Waals surface area contributed by atoms with Gasteiger partial charge in [-0.25, -0.2) is 8.78 Å². The number of rotatable bonds is 3. The minimum Gasteiger partial charge on any atom is -0.339 e. The lowest BCUT2D eigenvalue weighted by molar-refractivity contribution is 0.358. The summed E-state index contributed by atoms with van der Waals surface area (Å²) in [4.78, 5) is 4.25. The summed E-state index contributed by atoms with van der Waals surface area (Å²) in [5.74, 6) is -0.603. The molecule has 1 aliphatic heterocycles. The fourth-order valence-electron chi connectivity index (χ4n) is 2.28. The second-order valence-electron chi connectivity index (χ2n) is 4.80. The van der Waals surface area contributed by atoms with E-state index in [0.717, 1.165) is 25.6 Å². The summed E-state index contributed by atoms with van der Waals surface area (Å²) in [5, 5.41) is 7.10. The molecular formula is C13H12BrF2N3O. The predicted molar refractivity (Wildman–Crippen MR) is 72.0 cm³/mol. The van der Waals surface area contributed by atoms with E-state index in [0.29, 0.717) is 23.8 Å². The first-order valence-electron chi connectivity index (χ1n) is 6.32. The van der Waals surface area contributed by atoms with Gasteiger partial charge in [0.2, 0.25) is 11.7 Å². The summed E-state index contributed by atoms with van der Waals surface area (Å²) in [7, 11) is 0. The van der Waals surface area contributed by atoms with E-state index in [4.69, 9.17) is 4.52 Å². The SMILES string of the molecule is Fc1ccc(-c2noc(CC3CCNC3)n2)c(Br)c1F. The summed E-state index contributed by atoms with van der Waals surface area (Å²) in [6, 6.07) is 2.47. The van der Waals surface area contributed by atoms with E-state index >= 15 is 0 Å². The average Bonchev–Trinajstić information content (AvgIpc) is 3.09. The molecule has 1 aromatic heterocycles. The van der Waals surface area contributed by atoms with E-state index in [2.05, 4.69) is 31.4 Å². The molecule has 4 nitrogen and oxygen atoms in total. The predicted octanol–water partition coefficient (Wildman–Crippen LogP) is 2.93. The maximum absolute atomic E-state index is 13.5. The molecule has 106 valence electrons. The summed E-state index contributed by atoms with van der Waals surface area (Å²) < 4.78 is 31.8. The number of halogens is 3. The molecule has 0 amide bonds. The van der Waals surface area contributed by atoms with Crippen molar-refractivity contribution in [1.29, 1.82) is 0 Å². The van der Waals surface area contributed by atoms with Crippen LogP contribution in [0, 0.1) is 17.6 Å². The van der Waals surface area contributed by atoms with Crippen LogP contribution in [0.2, 0.25) is 0 Å². The van der Waals surface area contributed by atoms with Crippen molar-refractivity contribution in [2.24, 2.45) is 5.92 Å². The molecule has 1 aromatic carbocycles. The summed E-state index contributed by atoms with van der Waals surface area (Å²) >= 11 is 3.02. The highest BCUT2D eigenvalue weighted by atomic mass is 79.9. The van der Waals surface area contributed by atoms with Crippen LogP contribution in [-0.4, -0.2) is 23.2 Å². The number of hydrogen-bond donors (Lipinski definition) is 1. The first kappa shape index (κ1) is 13.6. The second kappa shape index (κ2) is 5.57. The van der Waals surface area contributed by atoms with Crippen molar-refractivity contribution in [1.82, 2.24) is 15.5 Å². The van der Waals surface area contributed by atoms with Crippen molar-refractivity contribution in [2.45, 2.75) is 12.8 Å². The van der Waals surface area contributed by atoms with Gasteiger partial charge in [0.1, 0.15) is 0 Å². The van der Waals surface area contributed by atoms with E-state index in [1.807, 2.05) is 0 Å². The van der Waals surface area contributed by atoms with Crippen molar-refractivity contribution >= 4 is 15.9 Å². The third-order valence-electron chi connectivity index (χ3n) is 3.37. The van der Waals surface area contributed by atoms with E-state index in [9.17, 15) is 8.78 Å². The number of aromatic nitrogens is 2. The molecular weight excluding hydrogens is 332 g/mol. The van der Waals surface area contributed by atoms with Gasteiger partial charge in [0.05, 0.1) is 4.47 Å². The molecule has 20 heavy (non-hydrogen) atoms. The van der Waals surface area contributed by atoms with Crippen molar-refractivity contribution in [2.75, 3.05) is 13.1 Å². The van der Waals surface area contributed by atoms with Gasteiger partial charge in [-0.05, 0) is 53.5 Å². The number of nitrogens with one attached hydrogen (secondary N) is 1. The Morgan fingerprint density at radius 2 is 2.25 bits per heavy atom. The van der Waals surface area contributed by atoms with Crippen LogP contribution in [0.1, 0.15) is 12.3 Å². The molecule has 1 aliphatic rings. The maximum atomic E-state index is 13.5. The van der Waals surface area contributed by atoms with Crippen LogP contribution in [0.15, 0.2) is 21.1 Å². The highest BCUT2D eigenvalue weighted by Crippen LogP contribution is 2.30. The fourth-order valence-corrected chi connectivity index (χ4v) is 2.78. The van der Waals surface area contributed by atoms with Gasteiger partial charge in [-0.2, -0.15) is 4.98 Å². The van der Waals surface area contributed by atoms with E-state index in [1.54, 1.807) is 0 Å². The third kappa shape index (κ3) is 2.60. The Morgan fingerprint density at radius 1 is 1.40 bits per heavy atom. The molecule has 2 aromatic rings. The zero-order valence-corrected chi connectivity index (χ0v) is 12.1. The zero-order valence-electron chi connectivity index (χ0n) is 10.5. The van der Waals surface area contributed by atoms with Crippen molar-refractivity contribution in [3.63, 3.8) is 0 Å². The Morgan fingerprint density at radius 3 is 3.00 bits per heavy atom. The van der Waals surface area contributed by atoms with E-state index in [-0.39, 0.29) is 10.3 Å². The smallest absolute Gasteiger partial charge is 0.227 e. The van der Waals surface area contributed by atoms with Gasteiger partial charge in [0, 0.05) is 12.0 Å². The second-order valence-corrected chi connectivity index (χ2v) is 5.59. The quantitative estimate of drug-likeness (QED) is 0.870. The molecule has 3 rings (SSSR count). The number of hydrogen-bond acceptors (Lipinski definition) is 4. The highest BCUT2D eigenvalue weighted by molar-refractivity contribution is 9.10. The Labute approximate surface area is 122 Å². The monoisotopic (exact) mass is 343 g/mol. The van der Waals surface area contributed by atoms with Gasteiger partial charge in [-0.3, -0.25) is 0 Å². The first-order valence-corrected chi connectivity index (χ1v) is 7.11. The summed E-state index contributed by atoms with van der Waals surface area (Å²) in [6.07, 6.45) is 1.77. The lowest BCUT2D eigenvalue weighted by Crippen LogP contribution is -2.10. The lowest BCUT2D eigenvalue weighted by atomic mass is 10.1. The van der Waals surface area contributed by atoms with Crippen LogP contribution < -0.4 is 5.32 Å². The van der Waals surface area contributed by atoms with Crippen LogP contribution in [0.5, 0.6) is 0 Å². The molecule has 0 spiro atoms. The molecule has 1 fully saturated rings. The van der Waals surface area contributed by atoms with Gasteiger partial charge in [0.15, 0.2) is 11.6 Å². The standard InChI is InChI=1S/C13H12BrF2N3O/c14-11-8(1-2-9(15)12(11)16)13-18-10(20-19-13)5-7-3-4-17-6-7/h1-2,7,17H,3-6H2. The molecule has 1 atom stereocenters. The Kier molecular flexibility index (Phi) is 3.80. The average molecular weight is 344 g/mol. The summed E-state index contributed by atoms with van der Waals surface area (Å²) in [6.45, 7) is 1.94. The number of benzene rings is 1. The Hall–Kier alpha value is -1.34. The molecule has 0 aliphatic carbocycles. The normalized spacial score (nSPS) is 18.6. The fraction of sp³-hybridized carbons (Fsp3) is 0.385. The van der Waals surface area contributed by atoms with Crippen molar-refractivity contribution in [3.8, 4) is 11.4 Å².